The van der Waals surface area contributed by atoms with Gasteiger partial charge in [0.2, 0.25) is 0 Å². The number of benzene rings is 3. The van der Waals surface area contributed by atoms with Crippen LogP contribution < -0.4 is 19.7 Å². The third kappa shape index (κ3) is 4.59. The maximum atomic E-state index is 13.5. The average Bonchev–Trinajstić information content (AvgIpc) is 3.03. The van der Waals surface area contributed by atoms with Crippen LogP contribution in [0.15, 0.2) is 78.5 Å². The standard InChI is InChI=1S/C25H19F3N2O4/c1-15-6-5-7-17(14-15)30-23(31)21(19-8-3-4-9-20(19)33-2)22(24(30)32)29-16-10-12-18(13-11-16)34-25(26,27)28/h3-14,29H,1-2H3. The number of alkyl halides is 3. The van der Waals surface area contributed by atoms with Gasteiger partial charge in [-0.1, -0.05) is 30.3 Å². The van der Waals surface area contributed by atoms with Crippen molar-refractivity contribution in [2.45, 2.75) is 13.3 Å². The highest BCUT2D eigenvalue weighted by Gasteiger charge is 2.41. The van der Waals surface area contributed by atoms with Crippen LogP contribution in [-0.4, -0.2) is 25.3 Å². The van der Waals surface area contributed by atoms with E-state index < -0.39 is 23.9 Å². The van der Waals surface area contributed by atoms with Crippen LogP contribution in [0, 0.1) is 6.92 Å². The molecule has 1 N–H and O–H groups in total. The van der Waals surface area contributed by atoms with Gasteiger partial charge in [0.15, 0.2) is 0 Å². The van der Waals surface area contributed by atoms with E-state index in [1.807, 2.05) is 13.0 Å². The van der Waals surface area contributed by atoms with Crippen molar-refractivity contribution in [3.05, 3.63) is 89.6 Å². The van der Waals surface area contributed by atoms with Crippen LogP contribution in [0.4, 0.5) is 24.5 Å². The fraction of sp³-hybridized carbons (Fsp3) is 0.120. The monoisotopic (exact) mass is 468 g/mol. The molecule has 0 unspecified atom stereocenters. The van der Waals surface area contributed by atoms with E-state index in [4.69, 9.17) is 4.74 Å². The molecule has 0 radical (unpaired) electrons. The van der Waals surface area contributed by atoms with Crippen molar-refractivity contribution in [2.75, 3.05) is 17.3 Å². The van der Waals surface area contributed by atoms with Gasteiger partial charge in [-0.15, -0.1) is 13.2 Å². The van der Waals surface area contributed by atoms with Gasteiger partial charge in [-0.2, -0.15) is 0 Å². The number of imide groups is 1. The van der Waals surface area contributed by atoms with E-state index in [0.717, 1.165) is 22.6 Å². The van der Waals surface area contributed by atoms with E-state index in [2.05, 4.69) is 10.1 Å². The van der Waals surface area contributed by atoms with Gasteiger partial charge < -0.3 is 14.8 Å². The molecule has 1 heterocycles. The second-order valence-corrected chi connectivity index (χ2v) is 7.43. The first-order valence-electron chi connectivity index (χ1n) is 10.1. The molecule has 3 aromatic rings. The molecule has 4 rings (SSSR count). The second kappa shape index (κ2) is 8.93. The molecule has 2 amide bonds. The Bertz CT molecular complexity index is 1280. The zero-order valence-electron chi connectivity index (χ0n) is 18.1. The van der Waals surface area contributed by atoms with Crippen LogP contribution >= 0.6 is 0 Å². The normalized spacial score (nSPS) is 14.0. The van der Waals surface area contributed by atoms with Crippen molar-refractivity contribution in [3.63, 3.8) is 0 Å². The maximum Gasteiger partial charge on any atom is 0.573 e. The zero-order valence-corrected chi connectivity index (χ0v) is 18.1. The molecule has 1 aliphatic rings. The summed E-state index contributed by atoms with van der Waals surface area (Å²) in [6.45, 7) is 1.84. The van der Waals surface area contributed by atoms with Gasteiger partial charge in [-0.05, 0) is 55.0 Å². The number of anilines is 2. The van der Waals surface area contributed by atoms with E-state index in [1.165, 1.54) is 19.2 Å². The van der Waals surface area contributed by atoms with E-state index in [9.17, 15) is 22.8 Å². The molecule has 34 heavy (non-hydrogen) atoms. The van der Waals surface area contributed by atoms with Gasteiger partial charge in [0.05, 0.1) is 18.4 Å². The molecule has 3 aromatic carbocycles. The van der Waals surface area contributed by atoms with Crippen molar-refractivity contribution >= 4 is 28.8 Å². The number of carbonyl (C=O) groups excluding carboxylic acids is 2. The fourth-order valence-electron chi connectivity index (χ4n) is 3.63. The third-order valence-electron chi connectivity index (χ3n) is 5.08. The van der Waals surface area contributed by atoms with E-state index in [-0.39, 0.29) is 11.3 Å². The minimum Gasteiger partial charge on any atom is -0.496 e. The highest BCUT2D eigenvalue weighted by molar-refractivity contribution is 6.46. The van der Waals surface area contributed by atoms with Gasteiger partial charge in [0, 0.05) is 11.3 Å². The molecule has 0 aromatic heterocycles. The van der Waals surface area contributed by atoms with Crippen molar-refractivity contribution in [2.24, 2.45) is 0 Å². The zero-order chi connectivity index (χ0) is 24.5. The predicted molar refractivity (Wildman–Crippen MR) is 120 cm³/mol. The van der Waals surface area contributed by atoms with Gasteiger partial charge in [0.1, 0.15) is 17.2 Å². The molecular formula is C25H19F3N2O4. The molecule has 0 saturated heterocycles. The number of hydrogen-bond donors (Lipinski definition) is 1. The summed E-state index contributed by atoms with van der Waals surface area (Å²) in [7, 11) is 1.45. The lowest BCUT2D eigenvalue weighted by molar-refractivity contribution is -0.274. The summed E-state index contributed by atoms with van der Waals surface area (Å²) < 4.78 is 46.7. The predicted octanol–water partition coefficient (Wildman–Crippen LogP) is 5.30. The smallest absolute Gasteiger partial charge is 0.496 e. The topological polar surface area (TPSA) is 67.9 Å². The van der Waals surface area contributed by atoms with Crippen LogP contribution in [-0.2, 0) is 9.59 Å². The van der Waals surface area contributed by atoms with Crippen LogP contribution in [0.3, 0.4) is 0 Å². The Balaban J connectivity index is 1.77. The van der Waals surface area contributed by atoms with Crippen LogP contribution in [0.5, 0.6) is 11.5 Å². The molecule has 174 valence electrons. The van der Waals surface area contributed by atoms with Crippen molar-refractivity contribution in [1.82, 2.24) is 0 Å². The Morgan fingerprint density at radius 3 is 2.24 bits per heavy atom. The van der Waals surface area contributed by atoms with Crippen molar-refractivity contribution in [1.29, 1.82) is 0 Å². The molecule has 0 atom stereocenters. The quantitative estimate of drug-likeness (QED) is 0.498. The van der Waals surface area contributed by atoms with Gasteiger partial charge in [-0.25, -0.2) is 4.90 Å². The molecule has 6 nitrogen and oxygen atoms in total. The Morgan fingerprint density at radius 1 is 0.882 bits per heavy atom. The molecule has 1 aliphatic heterocycles. The van der Waals surface area contributed by atoms with Crippen LogP contribution in [0.1, 0.15) is 11.1 Å². The molecular weight excluding hydrogens is 449 g/mol. The number of rotatable bonds is 6. The van der Waals surface area contributed by atoms with E-state index >= 15 is 0 Å². The lowest BCUT2D eigenvalue weighted by Crippen LogP contribution is -2.32. The number of carbonyl (C=O) groups is 2. The van der Waals surface area contributed by atoms with Crippen molar-refractivity contribution in [3.8, 4) is 11.5 Å². The minimum absolute atomic E-state index is 0.0273. The summed E-state index contributed by atoms with van der Waals surface area (Å²) in [4.78, 5) is 28.0. The number of amides is 2. The second-order valence-electron chi connectivity index (χ2n) is 7.43. The fourth-order valence-corrected chi connectivity index (χ4v) is 3.63. The molecule has 0 bridgehead atoms. The first kappa shape index (κ1) is 22.9. The van der Waals surface area contributed by atoms with Gasteiger partial charge in [-0.3, -0.25) is 9.59 Å². The van der Waals surface area contributed by atoms with Crippen LogP contribution in [0.25, 0.3) is 5.57 Å². The summed E-state index contributed by atoms with van der Waals surface area (Å²) in [5.41, 5.74) is 2.01. The Kier molecular flexibility index (Phi) is 6.02. The number of ether oxygens (including phenoxy) is 2. The lowest BCUT2D eigenvalue weighted by atomic mass is 10.0. The largest absolute Gasteiger partial charge is 0.573 e. The summed E-state index contributed by atoms with van der Waals surface area (Å²) in [5.74, 6) is -1.18. The molecule has 0 spiro atoms. The molecule has 9 heteroatoms. The molecule has 0 saturated carbocycles. The van der Waals surface area contributed by atoms with Gasteiger partial charge >= 0.3 is 6.36 Å². The summed E-state index contributed by atoms with van der Waals surface area (Å²) in [5, 5.41) is 2.90. The third-order valence-corrected chi connectivity index (χ3v) is 5.08. The number of nitrogens with one attached hydrogen (secondary N) is 1. The number of nitrogens with zero attached hydrogens (tertiary/aromatic N) is 1. The number of methoxy groups -OCH3 is 1. The SMILES string of the molecule is COc1ccccc1C1=C(Nc2ccc(OC(F)(F)F)cc2)C(=O)N(c2cccc(C)c2)C1=O. The van der Waals surface area contributed by atoms with Gasteiger partial charge in [0.25, 0.3) is 11.8 Å². The van der Waals surface area contributed by atoms with E-state index in [1.54, 1.807) is 42.5 Å². The number of hydrogen-bond acceptors (Lipinski definition) is 5. The number of aryl methyl sites for hydroxylation is 1. The minimum atomic E-state index is -4.82. The first-order chi connectivity index (χ1) is 16.2. The van der Waals surface area contributed by atoms with Crippen molar-refractivity contribution < 1.29 is 32.2 Å². The molecule has 0 fully saturated rings. The number of halogens is 3. The Morgan fingerprint density at radius 2 is 1.59 bits per heavy atom. The Hall–Kier alpha value is -4.27. The summed E-state index contributed by atoms with van der Waals surface area (Å²) in [6.07, 6.45) is -4.82. The van der Waals surface area contributed by atoms with Crippen LogP contribution in [0.2, 0.25) is 0 Å². The highest BCUT2D eigenvalue weighted by atomic mass is 19.4. The Labute approximate surface area is 193 Å². The summed E-state index contributed by atoms with van der Waals surface area (Å²) >= 11 is 0. The number of para-hydroxylation sites is 1. The molecule has 0 aliphatic carbocycles. The maximum absolute atomic E-state index is 13.5. The highest BCUT2D eigenvalue weighted by Crippen LogP contribution is 2.37. The average molecular weight is 468 g/mol. The first-order valence-corrected chi connectivity index (χ1v) is 10.1. The summed E-state index contributed by atoms with van der Waals surface area (Å²) in [6, 6.07) is 18.5. The van der Waals surface area contributed by atoms with E-state index in [0.29, 0.717) is 22.7 Å². The lowest BCUT2D eigenvalue weighted by Gasteiger charge is -2.16.